The second-order valence-electron chi connectivity index (χ2n) is 4.66. The summed E-state index contributed by atoms with van der Waals surface area (Å²) in [4.78, 5) is 11.9. The van der Waals surface area contributed by atoms with Gasteiger partial charge >= 0.3 is 0 Å². The van der Waals surface area contributed by atoms with Crippen LogP contribution >= 0.6 is 23.2 Å². The maximum atomic E-state index is 11.9. The van der Waals surface area contributed by atoms with E-state index in [1.54, 1.807) is 18.2 Å². The molecule has 0 spiro atoms. The van der Waals surface area contributed by atoms with Crippen molar-refractivity contribution in [3.8, 4) is 0 Å². The third-order valence-electron chi connectivity index (χ3n) is 2.96. The van der Waals surface area contributed by atoms with E-state index in [4.69, 9.17) is 23.2 Å². The Hall–Kier alpha value is -1.51. The van der Waals surface area contributed by atoms with E-state index in [9.17, 15) is 4.79 Å². The molecule has 2 rings (SSSR count). The number of halogens is 2. The minimum absolute atomic E-state index is 0.0380. The molecule has 0 aromatic heterocycles. The summed E-state index contributed by atoms with van der Waals surface area (Å²) in [6, 6.07) is 13.2. The van der Waals surface area contributed by atoms with Crippen LogP contribution in [0.1, 0.15) is 17.5 Å². The Bertz CT molecular complexity index is 608. The van der Waals surface area contributed by atoms with Gasteiger partial charge in [-0.1, -0.05) is 53.0 Å². The van der Waals surface area contributed by atoms with E-state index < -0.39 is 0 Å². The fourth-order valence-electron chi connectivity index (χ4n) is 1.81. The van der Waals surface area contributed by atoms with Gasteiger partial charge in [-0.05, 0) is 37.1 Å². The SMILES string of the molecule is Cc1ccc(CCC(=O)Nc2ccc(Cl)c(Cl)c2)cc1. The largest absolute Gasteiger partial charge is 0.326 e. The Morgan fingerprint density at radius 2 is 1.75 bits per heavy atom. The fourth-order valence-corrected chi connectivity index (χ4v) is 2.11. The number of hydrogen-bond donors (Lipinski definition) is 1. The van der Waals surface area contributed by atoms with E-state index >= 15 is 0 Å². The summed E-state index contributed by atoms with van der Waals surface area (Å²) in [5.41, 5.74) is 3.03. The summed E-state index contributed by atoms with van der Waals surface area (Å²) >= 11 is 11.7. The van der Waals surface area contributed by atoms with Gasteiger partial charge in [-0.25, -0.2) is 0 Å². The first kappa shape index (κ1) is 14.9. The number of rotatable bonds is 4. The monoisotopic (exact) mass is 307 g/mol. The molecule has 4 heteroatoms. The highest BCUT2D eigenvalue weighted by atomic mass is 35.5. The Morgan fingerprint density at radius 3 is 2.40 bits per heavy atom. The molecule has 104 valence electrons. The fraction of sp³-hybridized carbons (Fsp3) is 0.188. The third kappa shape index (κ3) is 4.26. The zero-order valence-corrected chi connectivity index (χ0v) is 12.6. The molecule has 0 atom stereocenters. The van der Waals surface area contributed by atoms with Crippen molar-refractivity contribution >= 4 is 34.8 Å². The average Bonchev–Trinajstić information content (AvgIpc) is 2.42. The smallest absolute Gasteiger partial charge is 0.224 e. The molecule has 0 aliphatic carbocycles. The minimum Gasteiger partial charge on any atom is -0.326 e. The van der Waals surface area contributed by atoms with Crippen LogP contribution in [0.4, 0.5) is 5.69 Å². The van der Waals surface area contributed by atoms with Crippen LogP contribution in [0.15, 0.2) is 42.5 Å². The van der Waals surface area contributed by atoms with Gasteiger partial charge in [0.1, 0.15) is 0 Å². The van der Waals surface area contributed by atoms with E-state index in [0.29, 0.717) is 28.6 Å². The van der Waals surface area contributed by atoms with Gasteiger partial charge < -0.3 is 5.32 Å². The molecule has 0 radical (unpaired) electrons. The predicted molar refractivity (Wildman–Crippen MR) is 84.6 cm³/mol. The highest BCUT2D eigenvalue weighted by Crippen LogP contribution is 2.25. The molecular weight excluding hydrogens is 293 g/mol. The summed E-state index contributed by atoms with van der Waals surface area (Å²) in [7, 11) is 0. The van der Waals surface area contributed by atoms with Crippen molar-refractivity contribution in [2.45, 2.75) is 19.8 Å². The lowest BCUT2D eigenvalue weighted by Crippen LogP contribution is -2.12. The van der Waals surface area contributed by atoms with Crippen molar-refractivity contribution in [2.75, 3.05) is 5.32 Å². The van der Waals surface area contributed by atoms with Crippen molar-refractivity contribution in [3.05, 3.63) is 63.6 Å². The quantitative estimate of drug-likeness (QED) is 0.857. The lowest BCUT2D eigenvalue weighted by molar-refractivity contribution is -0.116. The molecule has 0 saturated carbocycles. The highest BCUT2D eigenvalue weighted by molar-refractivity contribution is 6.42. The molecule has 0 heterocycles. The van der Waals surface area contributed by atoms with Gasteiger partial charge in [0.15, 0.2) is 0 Å². The molecule has 0 fully saturated rings. The van der Waals surface area contributed by atoms with Gasteiger partial charge in [-0.2, -0.15) is 0 Å². The molecule has 0 bridgehead atoms. The number of carbonyl (C=O) groups excluding carboxylic acids is 1. The number of benzene rings is 2. The normalized spacial score (nSPS) is 10.3. The summed E-state index contributed by atoms with van der Waals surface area (Å²) in [5.74, 6) is -0.0380. The van der Waals surface area contributed by atoms with Gasteiger partial charge in [0.05, 0.1) is 10.0 Å². The molecule has 0 unspecified atom stereocenters. The average molecular weight is 308 g/mol. The molecule has 2 aromatic carbocycles. The molecule has 20 heavy (non-hydrogen) atoms. The molecule has 2 aromatic rings. The zero-order chi connectivity index (χ0) is 14.5. The lowest BCUT2D eigenvalue weighted by atomic mass is 10.1. The number of carbonyl (C=O) groups is 1. The Kier molecular flexibility index (Phi) is 5.05. The van der Waals surface area contributed by atoms with Crippen molar-refractivity contribution in [2.24, 2.45) is 0 Å². The Morgan fingerprint density at radius 1 is 1.05 bits per heavy atom. The van der Waals surface area contributed by atoms with Crippen molar-refractivity contribution in [1.82, 2.24) is 0 Å². The maximum Gasteiger partial charge on any atom is 0.224 e. The number of anilines is 1. The maximum absolute atomic E-state index is 11.9. The minimum atomic E-state index is -0.0380. The van der Waals surface area contributed by atoms with Gasteiger partial charge in [-0.3, -0.25) is 4.79 Å². The van der Waals surface area contributed by atoms with Gasteiger partial charge in [0, 0.05) is 12.1 Å². The van der Waals surface area contributed by atoms with Crippen molar-refractivity contribution in [3.63, 3.8) is 0 Å². The van der Waals surface area contributed by atoms with E-state index in [1.165, 1.54) is 5.56 Å². The van der Waals surface area contributed by atoms with Crippen LogP contribution in [0.25, 0.3) is 0 Å². The van der Waals surface area contributed by atoms with E-state index in [2.05, 4.69) is 5.32 Å². The van der Waals surface area contributed by atoms with Crippen LogP contribution in [-0.4, -0.2) is 5.91 Å². The van der Waals surface area contributed by atoms with E-state index in [-0.39, 0.29) is 5.91 Å². The summed E-state index contributed by atoms with van der Waals surface area (Å²) in [6.45, 7) is 2.04. The summed E-state index contributed by atoms with van der Waals surface area (Å²) in [6.07, 6.45) is 1.15. The molecule has 0 saturated heterocycles. The highest BCUT2D eigenvalue weighted by Gasteiger charge is 2.05. The van der Waals surface area contributed by atoms with Crippen LogP contribution in [0.2, 0.25) is 10.0 Å². The van der Waals surface area contributed by atoms with Crippen LogP contribution in [-0.2, 0) is 11.2 Å². The van der Waals surface area contributed by atoms with Gasteiger partial charge in [0.25, 0.3) is 0 Å². The van der Waals surface area contributed by atoms with E-state index in [1.807, 2.05) is 31.2 Å². The Balaban J connectivity index is 1.89. The predicted octanol–water partition coefficient (Wildman–Crippen LogP) is 4.87. The molecular formula is C16H15Cl2NO. The third-order valence-corrected chi connectivity index (χ3v) is 3.70. The second kappa shape index (κ2) is 6.78. The Labute approximate surface area is 128 Å². The standard InChI is InChI=1S/C16H15Cl2NO/c1-11-2-4-12(5-3-11)6-9-16(20)19-13-7-8-14(17)15(18)10-13/h2-5,7-8,10H,6,9H2,1H3,(H,19,20). The topological polar surface area (TPSA) is 29.1 Å². The van der Waals surface area contributed by atoms with Gasteiger partial charge in [0.2, 0.25) is 5.91 Å². The molecule has 0 aliphatic heterocycles. The van der Waals surface area contributed by atoms with Crippen molar-refractivity contribution in [1.29, 1.82) is 0 Å². The molecule has 1 amide bonds. The molecule has 1 N–H and O–H groups in total. The number of aryl methyl sites for hydroxylation is 2. The number of hydrogen-bond acceptors (Lipinski definition) is 1. The van der Waals surface area contributed by atoms with Crippen LogP contribution in [0.5, 0.6) is 0 Å². The van der Waals surface area contributed by atoms with Gasteiger partial charge in [-0.15, -0.1) is 0 Å². The first-order valence-corrected chi connectivity index (χ1v) is 7.10. The lowest BCUT2D eigenvalue weighted by Gasteiger charge is -2.06. The zero-order valence-electron chi connectivity index (χ0n) is 11.1. The summed E-state index contributed by atoms with van der Waals surface area (Å²) < 4.78 is 0. The van der Waals surface area contributed by atoms with Crippen LogP contribution in [0.3, 0.4) is 0 Å². The van der Waals surface area contributed by atoms with Crippen molar-refractivity contribution < 1.29 is 4.79 Å². The van der Waals surface area contributed by atoms with Crippen LogP contribution < -0.4 is 5.32 Å². The number of nitrogens with one attached hydrogen (secondary N) is 1. The first-order valence-electron chi connectivity index (χ1n) is 6.35. The second-order valence-corrected chi connectivity index (χ2v) is 5.48. The summed E-state index contributed by atoms with van der Waals surface area (Å²) in [5, 5.41) is 3.72. The first-order chi connectivity index (χ1) is 9.54. The molecule has 2 nitrogen and oxygen atoms in total. The van der Waals surface area contributed by atoms with E-state index in [0.717, 1.165) is 5.56 Å². The molecule has 0 aliphatic rings. The number of amides is 1. The van der Waals surface area contributed by atoms with Crippen LogP contribution in [0, 0.1) is 6.92 Å².